The maximum Gasteiger partial charge on any atom is 0.337 e. The van der Waals surface area contributed by atoms with Crippen LogP contribution in [0.1, 0.15) is 31.8 Å². The molecule has 0 spiro atoms. The Bertz CT molecular complexity index is 1360. The number of anilines is 1. The second-order valence-corrected chi connectivity index (χ2v) is 8.59. The first-order valence-electron chi connectivity index (χ1n) is 11.6. The van der Waals surface area contributed by atoms with Gasteiger partial charge >= 0.3 is 18.0 Å². The Hall–Kier alpha value is -4.99. The van der Waals surface area contributed by atoms with E-state index in [1.54, 1.807) is 30.3 Å². The Morgan fingerprint density at radius 1 is 0.842 bits per heavy atom. The molecule has 0 bridgehead atoms. The van der Waals surface area contributed by atoms with Gasteiger partial charge in [-0.25, -0.2) is 14.4 Å². The van der Waals surface area contributed by atoms with Crippen molar-refractivity contribution in [2.45, 2.75) is 12.0 Å². The average Bonchev–Trinajstić information content (AvgIpc) is 3.17. The molecule has 10 nitrogen and oxygen atoms in total. The van der Waals surface area contributed by atoms with Crippen LogP contribution in [0.25, 0.3) is 0 Å². The highest BCUT2D eigenvalue weighted by atomic mass is 16.5. The van der Waals surface area contributed by atoms with Crippen molar-refractivity contribution in [3.63, 3.8) is 0 Å². The van der Waals surface area contributed by atoms with E-state index in [2.05, 4.69) is 10.6 Å². The van der Waals surface area contributed by atoms with Crippen molar-refractivity contribution in [1.82, 2.24) is 10.2 Å². The largest absolute Gasteiger partial charge is 0.465 e. The van der Waals surface area contributed by atoms with E-state index in [1.807, 2.05) is 30.3 Å². The lowest BCUT2D eigenvalue weighted by molar-refractivity contribution is -0.134. The van der Waals surface area contributed by atoms with Gasteiger partial charge in [-0.05, 0) is 29.3 Å². The molecule has 10 heteroatoms. The summed E-state index contributed by atoms with van der Waals surface area (Å²) < 4.78 is 9.41. The Balaban J connectivity index is 1.60. The van der Waals surface area contributed by atoms with Gasteiger partial charge in [0.05, 0.1) is 25.3 Å². The molecule has 0 aliphatic carbocycles. The lowest BCUT2D eigenvalue weighted by Crippen LogP contribution is -2.46. The van der Waals surface area contributed by atoms with Gasteiger partial charge in [0, 0.05) is 12.1 Å². The highest BCUT2D eigenvalue weighted by Crippen LogP contribution is 2.33. The molecule has 38 heavy (non-hydrogen) atoms. The second kappa shape index (κ2) is 11.0. The van der Waals surface area contributed by atoms with Crippen LogP contribution in [0.3, 0.4) is 0 Å². The number of benzene rings is 3. The monoisotopic (exact) mass is 515 g/mol. The summed E-state index contributed by atoms with van der Waals surface area (Å²) >= 11 is 0. The molecule has 1 aliphatic heterocycles. The SMILES string of the molecule is COC(=O)c1cc(NC(=O)CN2C(=O)NC(Cc3ccccc3)(c3ccccc3)C2=O)cc(C(=O)OC)c1. The summed E-state index contributed by atoms with van der Waals surface area (Å²) in [6, 6.07) is 21.2. The Kier molecular flexibility index (Phi) is 7.52. The van der Waals surface area contributed by atoms with Crippen molar-refractivity contribution in [1.29, 1.82) is 0 Å². The third-order valence-corrected chi connectivity index (χ3v) is 6.12. The van der Waals surface area contributed by atoms with Crippen molar-refractivity contribution < 1.29 is 33.4 Å². The van der Waals surface area contributed by atoms with Crippen molar-refractivity contribution in [3.05, 3.63) is 101 Å². The zero-order valence-electron chi connectivity index (χ0n) is 20.7. The van der Waals surface area contributed by atoms with Crippen LogP contribution >= 0.6 is 0 Å². The fourth-order valence-electron chi connectivity index (χ4n) is 4.33. The van der Waals surface area contributed by atoms with Crippen molar-refractivity contribution in [3.8, 4) is 0 Å². The van der Waals surface area contributed by atoms with Gasteiger partial charge in [-0.2, -0.15) is 0 Å². The van der Waals surface area contributed by atoms with E-state index < -0.39 is 41.9 Å². The molecule has 1 aliphatic rings. The van der Waals surface area contributed by atoms with Gasteiger partial charge in [-0.1, -0.05) is 60.7 Å². The molecule has 194 valence electrons. The van der Waals surface area contributed by atoms with E-state index in [0.29, 0.717) is 5.56 Å². The number of hydrogen-bond acceptors (Lipinski definition) is 7. The molecule has 2 N–H and O–H groups in total. The van der Waals surface area contributed by atoms with Crippen LogP contribution in [-0.2, 0) is 31.0 Å². The standard InChI is InChI=1S/C28H25N3O7/c1-37-24(33)19-13-20(25(34)38-2)15-22(14-19)29-23(32)17-31-26(35)28(30-27(31)36,21-11-7-4-8-12-21)16-18-9-5-3-6-10-18/h3-15H,16-17H2,1-2H3,(H,29,32)(H,30,36). The molecule has 0 aromatic heterocycles. The summed E-state index contributed by atoms with van der Waals surface area (Å²) in [6.45, 7) is -0.593. The minimum Gasteiger partial charge on any atom is -0.465 e. The first kappa shape index (κ1) is 26.1. The van der Waals surface area contributed by atoms with Gasteiger partial charge < -0.3 is 20.1 Å². The molecule has 3 aromatic carbocycles. The molecule has 3 aromatic rings. The summed E-state index contributed by atoms with van der Waals surface area (Å²) in [5, 5.41) is 5.34. The molecule has 4 rings (SSSR count). The predicted molar refractivity (Wildman–Crippen MR) is 136 cm³/mol. The van der Waals surface area contributed by atoms with Crippen molar-refractivity contribution >= 4 is 35.5 Å². The number of amides is 4. The van der Waals surface area contributed by atoms with Crippen LogP contribution in [0.2, 0.25) is 0 Å². The molecule has 0 saturated carbocycles. The number of rotatable bonds is 8. The van der Waals surface area contributed by atoms with Gasteiger partial charge in [0.15, 0.2) is 5.54 Å². The number of ether oxygens (including phenoxy) is 2. The van der Waals surface area contributed by atoms with E-state index in [4.69, 9.17) is 9.47 Å². The summed E-state index contributed by atoms with van der Waals surface area (Å²) in [5.41, 5.74) is 0.107. The highest BCUT2D eigenvalue weighted by Gasteiger charge is 2.52. The number of nitrogens with zero attached hydrogens (tertiary/aromatic N) is 1. The summed E-state index contributed by atoms with van der Waals surface area (Å²) in [4.78, 5) is 64.6. The van der Waals surface area contributed by atoms with E-state index in [9.17, 15) is 24.0 Å². The Morgan fingerprint density at radius 3 is 1.95 bits per heavy atom. The number of urea groups is 1. The third kappa shape index (κ3) is 5.24. The Morgan fingerprint density at radius 2 is 1.39 bits per heavy atom. The normalized spacial score (nSPS) is 16.5. The summed E-state index contributed by atoms with van der Waals surface area (Å²) in [7, 11) is 2.36. The van der Waals surface area contributed by atoms with E-state index in [-0.39, 0.29) is 23.2 Å². The van der Waals surface area contributed by atoms with Gasteiger partial charge in [0.1, 0.15) is 6.54 Å². The lowest BCUT2D eigenvalue weighted by Gasteiger charge is -2.27. The van der Waals surface area contributed by atoms with Crippen LogP contribution in [0.5, 0.6) is 0 Å². The first-order valence-corrected chi connectivity index (χ1v) is 11.6. The molecule has 1 fully saturated rings. The van der Waals surface area contributed by atoms with Crippen LogP contribution < -0.4 is 10.6 Å². The first-order chi connectivity index (χ1) is 18.3. The van der Waals surface area contributed by atoms with Gasteiger partial charge in [-0.3, -0.25) is 14.5 Å². The number of imide groups is 1. The highest BCUT2D eigenvalue weighted by molar-refractivity contribution is 6.11. The smallest absolute Gasteiger partial charge is 0.337 e. The maximum atomic E-state index is 13.7. The second-order valence-electron chi connectivity index (χ2n) is 8.59. The topological polar surface area (TPSA) is 131 Å². The Labute approximate surface area is 218 Å². The number of carbonyl (C=O) groups excluding carboxylic acids is 5. The number of esters is 2. The lowest BCUT2D eigenvalue weighted by atomic mass is 9.83. The average molecular weight is 516 g/mol. The molecular formula is C28H25N3O7. The fourth-order valence-corrected chi connectivity index (χ4v) is 4.33. The van der Waals surface area contributed by atoms with E-state index in [1.165, 1.54) is 32.4 Å². The van der Waals surface area contributed by atoms with E-state index >= 15 is 0 Å². The molecular weight excluding hydrogens is 490 g/mol. The number of methoxy groups -OCH3 is 2. The maximum absolute atomic E-state index is 13.7. The van der Waals surface area contributed by atoms with Crippen LogP contribution in [0.15, 0.2) is 78.9 Å². The summed E-state index contributed by atoms with van der Waals surface area (Å²) in [5.74, 6) is -2.75. The molecule has 1 atom stereocenters. The van der Waals surface area contributed by atoms with Gasteiger partial charge in [0.2, 0.25) is 5.91 Å². The number of hydrogen-bond donors (Lipinski definition) is 2. The zero-order valence-corrected chi connectivity index (χ0v) is 20.7. The minimum absolute atomic E-state index is 0.00616. The summed E-state index contributed by atoms with van der Waals surface area (Å²) in [6.07, 6.45) is 0.185. The van der Waals surface area contributed by atoms with Gasteiger partial charge in [0.25, 0.3) is 5.91 Å². The third-order valence-electron chi connectivity index (χ3n) is 6.12. The molecule has 4 amide bonds. The van der Waals surface area contributed by atoms with E-state index in [0.717, 1.165) is 10.5 Å². The van der Waals surface area contributed by atoms with Crippen LogP contribution in [0.4, 0.5) is 10.5 Å². The molecule has 0 radical (unpaired) electrons. The quantitative estimate of drug-likeness (QED) is 0.348. The molecule has 1 heterocycles. The molecule has 1 unspecified atom stereocenters. The van der Waals surface area contributed by atoms with Crippen molar-refractivity contribution in [2.24, 2.45) is 0 Å². The number of nitrogens with one attached hydrogen (secondary N) is 2. The predicted octanol–water partition coefficient (Wildman–Crippen LogP) is 2.89. The van der Waals surface area contributed by atoms with Gasteiger partial charge in [-0.15, -0.1) is 0 Å². The fraction of sp³-hybridized carbons (Fsp3) is 0.179. The molecule has 1 saturated heterocycles. The van der Waals surface area contributed by atoms with Crippen molar-refractivity contribution in [2.75, 3.05) is 26.1 Å². The number of carbonyl (C=O) groups is 5. The minimum atomic E-state index is -1.40. The van der Waals surface area contributed by atoms with Crippen LogP contribution in [-0.4, -0.2) is 55.4 Å². The van der Waals surface area contributed by atoms with Crippen LogP contribution in [0, 0.1) is 0 Å². The zero-order chi connectivity index (χ0) is 27.3.